The van der Waals surface area contributed by atoms with Gasteiger partial charge in [0.05, 0.1) is 10.7 Å². The average Bonchev–Trinajstić information content (AvgIpc) is 2.65. The molecule has 0 saturated heterocycles. The van der Waals surface area contributed by atoms with Crippen LogP contribution < -0.4 is 0 Å². The van der Waals surface area contributed by atoms with Gasteiger partial charge in [-0.3, -0.25) is 9.48 Å². The van der Waals surface area contributed by atoms with E-state index in [0.717, 1.165) is 4.47 Å². The molecule has 4 nitrogen and oxygen atoms in total. The lowest BCUT2D eigenvalue weighted by Gasteiger charge is -2.29. The first kappa shape index (κ1) is 16.4. The van der Waals surface area contributed by atoms with Crippen LogP contribution in [0.25, 0.3) is 0 Å². The summed E-state index contributed by atoms with van der Waals surface area (Å²) < 4.78 is 8.13. The van der Waals surface area contributed by atoms with Crippen LogP contribution in [0.1, 0.15) is 58.1 Å². The molecule has 1 aromatic heterocycles. The maximum atomic E-state index is 12.8. The molecule has 0 aromatic carbocycles. The fourth-order valence-corrected chi connectivity index (χ4v) is 2.44. The molecule has 0 bridgehead atoms. The molecule has 1 aromatic rings. The summed E-state index contributed by atoms with van der Waals surface area (Å²) in [5.41, 5.74) is 0.335. The standard InChI is InChI=1S/C14H23BrN2O2/c1-7-19-13(14(4,5)6)12(18)11-10(15)8-16-17(11)9(2)3/h8-9,13H,7H2,1-6H3. The molecule has 5 heteroatoms. The maximum absolute atomic E-state index is 12.8. The summed E-state index contributed by atoms with van der Waals surface area (Å²) in [5.74, 6) is -0.0209. The van der Waals surface area contributed by atoms with Crippen molar-refractivity contribution < 1.29 is 9.53 Å². The lowest BCUT2D eigenvalue weighted by Crippen LogP contribution is -2.38. The third kappa shape index (κ3) is 3.66. The smallest absolute Gasteiger partial charge is 0.211 e. The number of halogens is 1. The molecular weight excluding hydrogens is 308 g/mol. The number of nitrogens with zero attached hydrogens (tertiary/aromatic N) is 2. The van der Waals surface area contributed by atoms with Crippen molar-refractivity contribution in [2.45, 2.75) is 53.7 Å². The Hall–Kier alpha value is -0.680. The topological polar surface area (TPSA) is 44.1 Å². The Morgan fingerprint density at radius 3 is 2.47 bits per heavy atom. The monoisotopic (exact) mass is 330 g/mol. The minimum atomic E-state index is -0.469. The molecule has 19 heavy (non-hydrogen) atoms. The highest BCUT2D eigenvalue weighted by atomic mass is 79.9. The Balaban J connectivity index is 3.20. The van der Waals surface area contributed by atoms with E-state index in [-0.39, 0.29) is 17.2 Å². The summed E-state index contributed by atoms with van der Waals surface area (Å²) in [5, 5.41) is 4.25. The number of aromatic nitrogens is 2. The number of hydrogen-bond donors (Lipinski definition) is 0. The van der Waals surface area contributed by atoms with Crippen molar-refractivity contribution in [1.82, 2.24) is 9.78 Å². The summed E-state index contributed by atoms with van der Waals surface area (Å²) >= 11 is 3.41. The second kappa shape index (κ2) is 6.18. The van der Waals surface area contributed by atoms with Crippen LogP contribution in [0.2, 0.25) is 0 Å². The van der Waals surface area contributed by atoms with Crippen molar-refractivity contribution in [3.8, 4) is 0 Å². The summed E-state index contributed by atoms with van der Waals surface area (Å²) in [6.45, 7) is 12.5. The molecule has 0 aliphatic carbocycles. The first-order valence-corrected chi connectivity index (χ1v) is 7.38. The fraction of sp³-hybridized carbons (Fsp3) is 0.714. The highest BCUT2D eigenvalue weighted by Gasteiger charge is 2.35. The SMILES string of the molecule is CCOC(C(=O)c1c(Br)cnn1C(C)C)C(C)(C)C. The van der Waals surface area contributed by atoms with E-state index in [2.05, 4.69) is 21.0 Å². The van der Waals surface area contributed by atoms with E-state index in [1.54, 1.807) is 10.9 Å². The van der Waals surface area contributed by atoms with Crippen LogP contribution in [0.5, 0.6) is 0 Å². The van der Waals surface area contributed by atoms with E-state index in [9.17, 15) is 4.79 Å². The predicted octanol–water partition coefficient (Wildman–Crippen LogP) is 3.86. The van der Waals surface area contributed by atoms with Crippen molar-refractivity contribution in [3.05, 3.63) is 16.4 Å². The molecule has 1 unspecified atom stereocenters. The van der Waals surface area contributed by atoms with Gasteiger partial charge in [-0.05, 0) is 42.1 Å². The van der Waals surface area contributed by atoms with Crippen LogP contribution in [0.15, 0.2) is 10.7 Å². The Bertz CT molecular complexity index is 447. The number of ketones is 1. The molecule has 0 aliphatic rings. The normalized spacial score (nSPS) is 13.9. The van der Waals surface area contributed by atoms with Crippen LogP contribution in [0, 0.1) is 5.41 Å². The van der Waals surface area contributed by atoms with E-state index in [0.29, 0.717) is 12.3 Å². The number of ether oxygens (including phenoxy) is 1. The number of carbonyl (C=O) groups excluding carboxylic acids is 1. The van der Waals surface area contributed by atoms with Gasteiger partial charge in [-0.1, -0.05) is 20.8 Å². The molecule has 0 radical (unpaired) electrons. The van der Waals surface area contributed by atoms with E-state index in [1.807, 2.05) is 41.5 Å². The molecular formula is C14H23BrN2O2. The van der Waals surface area contributed by atoms with E-state index < -0.39 is 6.10 Å². The van der Waals surface area contributed by atoms with Gasteiger partial charge in [0, 0.05) is 12.6 Å². The Kier molecular flexibility index (Phi) is 5.33. The highest BCUT2D eigenvalue weighted by molar-refractivity contribution is 9.10. The van der Waals surface area contributed by atoms with Crippen molar-refractivity contribution in [2.75, 3.05) is 6.61 Å². The molecule has 1 atom stereocenters. The van der Waals surface area contributed by atoms with E-state index >= 15 is 0 Å². The zero-order chi connectivity index (χ0) is 14.8. The molecule has 0 fully saturated rings. The molecule has 0 N–H and O–H groups in total. The van der Waals surface area contributed by atoms with Crippen LogP contribution in [-0.4, -0.2) is 28.3 Å². The molecule has 1 heterocycles. The summed E-state index contributed by atoms with van der Waals surface area (Å²) in [4.78, 5) is 12.8. The summed E-state index contributed by atoms with van der Waals surface area (Å²) in [6, 6.07) is 0.132. The Morgan fingerprint density at radius 2 is 2.05 bits per heavy atom. The third-order valence-electron chi connectivity index (χ3n) is 2.83. The van der Waals surface area contributed by atoms with Gasteiger partial charge >= 0.3 is 0 Å². The molecule has 0 amide bonds. The lowest BCUT2D eigenvalue weighted by atomic mass is 9.85. The van der Waals surface area contributed by atoms with Crippen molar-refractivity contribution in [2.24, 2.45) is 5.41 Å². The minimum absolute atomic E-state index is 0.0209. The summed E-state index contributed by atoms with van der Waals surface area (Å²) in [7, 11) is 0. The molecule has 0 saturated carbocycles. The lowest BCUT2D eigenvalue weighted by molar-refractivity contribution is -0.00108. The Labute approximate surface area is 123 Å². The highest BCUT2D eigenvalue weighted by Crippen LogP contribution is 2.29. The number of hydrogen-bond acceptors (Lipinski definition) is 3. The summed E-state index contributed by atoms with van der Waals surface area (Å²) in [6.07, 6.45) is 1.20. The van der Waals surface area contributed by atoms with Gasteiger partial charge in [0.15, 0.2) is 0 Å². The zero-order valence-electron chi connectivity index (χ0n) is 12.5. The number of Topliss-reactive ketones (excluding diaryl/α,β-unsaturated/α-hetero) is 1. The largest absolute Gasteiger partial charge is 0.370 e. The molecule has 0 spiro atoms. The van der Waals surface area contributed by atoms with Gasteiger partial charge in [-0.25, -0.2) is 0 Å². The predicted molar refractivity (Wildman–Crippen MR) is 79.5 cm³/mol. The second-order valence-corrected chi connectivity index (χ2v) is 6.80. The maximum Gasteiger partial charge on any atom is 0.211 e. The van der Waals surface area contributed by atoms with E-state index in [1.165, 1.54) is 0 Å². The second-order valence-electron chi connectivity index (χ2n) is 5.95. The first-order valence-electron chi connectivity index (χ1n) is 6.59. The number of carbonyl (C=O) groups is 1. The van der Waals surface area contributed by atoms with Crippen molar-refractivity contribution >= 4 is 21.7 Å². The van der Waals surface area contributed by atoms with E-state index in [4.69, 9.17) is 4.74 Å². The van der Waals surface area contributed by atoms with Gasteiger partial charge in [-0.15, -0.1) is 0 Å². The Morgan fingerprint density at radius 1 is 1.47 bits per heavy atom. The van der Waals surface area contributed by atoms with Crippen LogP contribution in [-0.2, 0) is 4.74 Å². The molecule has 0 aliphatic heterocycles. The fourth-order valence-electron chi connectivity index (χ4n) is 1.97. The van der Waals surface area contributed by atoms with Gasteiger partial charge in [-0.2, -0.15) is 5.10 Å². The quantitative estimate of drug-likeness (QED) is 0.770. The zero-order valence-corrected chi connectivity index (χ0v) is 14.1. The average molecular weight is 331 g/mol. The number of rotatable bonds is 5. The van der Waals surface area contributed by atoms with Crippen molar-refractivity contribution in [3.63, 3.8) is 0 Å². The van der Waals surface area contributed by atoms with Crippen molar-refractivity contribution in [1.29, 1.82) is 0 Å². The van der Waals surface area contributed by atoms with Crippen LogP contribution in [0.3, 0.4) is 0 Å². The minimum Gasteiger partial charge on any atom is -0.370 e. The van der Waals surface area contributed by atoms with Gasteiger partial charge in [0.2, 0.25) is 5.78 Å². The van der Waals surface area contributed by atoms with Gasteiger partial charge in [0.25, 0.3) is 0 Å². The van der Waals surface area contributed by atoms with Gasteiger partial charge in [0.1, 0.15) is 11.8 Å². The first-order chi connectivity index (χ1) is 8.70. The molecule has 1 rings (SSSR count). The molecule has 108 valence electrons. The van der Waals surface area contributed by atoms with Crippen LogP contribution >= 0.6 is 15.9 Å². The van der Waals surface area contributed by atoms with Crippen LogP contribution in [0.4, 0.5) is 0 Å². The van der Waals surface area contributed by atoms with Gasteiger partial charge < -0.3 is 4.74 Å². The third-order valence-corrected chi connectivity index (χ3v) is 3.41.